The van der Waals surface area contributed by atoms with E-state index in [1.807, 2.05) is 11.5 Å². The van der Waals surface area contributed by atoms with Gasteiger partial charge in [-0.3, -0.25) is 9.59 Å². The Morgan fingerprint density at radius 1 is 1.28 bits per heavy atom. The highest BCUT2D eigenvalue weighted by atomic mass is 35.5. The molecule has 0 fully saturated rings. The minimum Gasteiger partial charge on any atom is -0.481 e. The van der Waals surface area contributed by atoms with E-state index in [2.05, 4.69) is 15.5 Å². The predicted molar refractivity (Wildman–Crippen MR) is 120 cm³/mol. The molecule has 0 aliphatic carbocycles. The highest BCUT2D eigenvalue weighted by molar-refractivity contribution is 7.99. The summed E-state index contributed by atoms with van der Waals surface area (Å²) in [4.78, 5) is 23.9. The van der Waals surface area contributed by atoms with Crippen molar-refractivity contribution in [3.8, 4) is 5.75 Å². The van der Waals surface area contributed by atoms with Crippen LogP contribution in [0, 0.1) is 5.82 Å². The molecule has 2 aromatic carbocycles. The van der Waals surface area contributed by atoms with Gasteiger partial charge in [0, 0.05) is 6.54 Å². The number of amides is 2. The molecule has 0 saturated heterocycles. The van der Waals surface area contributed by atoms with Crippen LogP contribution in [0.3, 0.4) is 0 Å². The van der Waals surface area contributed by atoms with Gasteiger partial charge in [-0.05, 0) is 44.2 Å². The topological polar surface area (TPSA) is 112 Å². The molecule has 0 saturated carbocycles. The molecular weight excluding hydrogens is 457 g/mol. The van der Waals surface area contributed by atoms with Gasteiger partial charge in [-0.2, -0.15) is 0 Å². The average molecular weight is 478 g/mol. The first-order valence-electron chi connectivity index (χ1n) is 9.66. The summed E-state index contributed by atoms with van der Waals surface area (Å²) in [7, 11) is 0. The van der Waals surface area contributed by atoms with Gasteiger partial charge in [0.05, 0.1) is 22.0 Å². The second kappa shape index (κ2) is 10.5. The lowest BCUT2D eigenvalue weighted by atomic mass is 10.1. The monoisotopic (exact) mass is 477 g/mol. The van der Waals surface area contributed by atoms with E-state index in [-0.39, 0.29) is 22.2 Å². The van der Waals surface area contributed by atoms with E-state index in [4.69, 9.17) is 22.1 Å². The zero-order chi connectivity index (χ0) is 23.3. The molecule has 1 unspecified atom stereocenters. The number of aromatic nitrogens is 3. The van der Waals surface area contributed by atoms with Crippen molar-refractivity contribution >= 4 is 40.9 Å². The lowest BCUT2D eigenvalue weighted by Crippen LogP contribution is -2.19. The summed E-state index contributed by atoms with van der Waals surface area (Å²) in [6.45, 7) is 4.23. The molecule has 8 nitrogen and oxygen atoms in total. The fourth-order valence-electron chi connectivity index (χ4n) is 2.94. The highest BCUT2D eigenvalue weighted by Crippen LogP contribution is 2.30. The number of carbonyl (C=O) groups excluding carboxylic acids is 2. The van der Waals surface area contributed by atoms with Crippen molar-refractivity contribution in [3.05, 3.63) is 64.7 Å². The SMILES string of the molecule is CCn1c(SCC(=O)Nc2ccccc2C(N)=O)nnc1C(C)Oc1ccc(F)cc1Cl. The first-order chi connectivity index (χ1) is 15.3. The fourth-order valence-corrected chi connectivity index (χ4v) is 3.96. The largest absolute Gasteiger partial charge is 0.481 e. The van der Waals surface area contributed by atoms with Crippen LogP contribution in [-0.2, 0) is 11.3 Å². The van der Waals surface area contributed by atoms with Gasteiger partial charge >= 0.3 is 0 Å². The third-order valence-corrected chi connectivity index (χ3v) is 5.68. The smallest absolute Gasteiger partial charge is 0.250 e. The quantitative estimate of drug-likeness (QED) is 0.449. The molecule has 3 N–H and O–H groups in total. The molecule has 0 bridgehead atoms. The van der Waals surface area contributed by atoms with Gasteiger partial charge in [0.15, 0.2) is 17.1 Å². The Kier molecular flexibility index (Phi) is 7.70. The van der Waals surface area contributed by atoms with E-state index in [9.17, 15) is 14.0 Å². The number of thioether (sulfide) groups is 1. The molecule has 1 heterocycles. The molecule has 11 heteroatoms. The number of hydrogen-bond acceptors (Lipinski definition) is 6. The van der Waals surface area contributed by atoms with E-state index in [1.54, 1.807) is 31.2 Å². The van der Waals surface area contributed by atoms with Crippen molar-refractivity contribution in [1.29, 1.82) is 0 Å². The number of carbonyl (C=O) groups is 2. The summed E-state index contributed by atoms with van der Waals surface area (Å²) in [6.07, 6.45) is -0.518. The summed E-state index contributed by atoms with van der Waals surface area (Å²) in [6, 6.07) is 10.4. The molecule has 0 aliphatic rings. The first-order valence-corrected chi connectivity index (χ1v) is 11.0. The maximum absolute atomic E-state index is 13.3. The van der Waals surface area contributed by atoms with Crippen LogP contribution in [0.15, 0.2) is 47.6 Å². The van der Waals surface area contributed by atoms with Crippen LogP contribution in [0.4, 0.5) is 10.1 Å². The molecule has 32 heavy (non-hydrogen) atoms. The lowest BCUT2D eigenvalue weighted by Gasteiger charge is -2.16. The molecule has 0 radical (unpaired) electrons. The van der Waals surface area contributed by atoms with Gasteiger partial charge in [0.1, 0.15) is 11.6 Å². The van der Waals surface area contributed by atoms with Crippen LogP contribution >= 0.6 is 23.4 Å². The highest BCUT2D eigenvalue weighted by Gasteiger charge is 2.20. The number of para-hydroxylation sites is 1. The lowest BCUT2D eigenvalue weighted by molar-refractivity contribution is -0.113. The third kappa shape index (κ3) is 5.57. The number of benzene rings is 2. The van der Waals surface area contributed by atoms with Crippen LogP contribution in [0.1, 0.15) is 36.1 Å². The molecule has 3 rings (SSSR count). The fraction of sp³-hybridized carbons (Fsp3) is 0.238. The molecule has 1 aromatic heterocycles. The summed E-state index contributed by atoms with van der Waals surface area (Å²) < 4.78 is 20.9. The van der Waals surface area contributed by atoms with E-state index in [0.29, 0.717) is 29.0 Å². The summed E-state index contributed by atoms with van der Waals surface area (Å²) in [5.74, 6) is -0.494. The predicted octanol–water partition coefficient (Wildman–Crippen LogP) is 4.06. The van der Waals surface area contributed by atoms with Crippen molar-refractivity contribution < 1.29 is 18.7 Å². The van der Waals surface area contributed by atoms with Crippen LogP contribution in [0.5, 0.6) is 5.75 Å². The second-order valence-corrected chi connectivity index (χ2v) is 8.02. The Morgan fingerprint density at radius 3 is 2.72 bits per heavy atom. The van der Waals surface area contributed by atoms with E-state index >= 15 is 0 Å². The van der Waals surface area contributed by atoms with Crippen molar-refractivity contribution in [3.63, 3.8) is 0 Å². The maximum Gasteiger partial charge on any atom is 0.250 e. The van der Waals surface area contributed by atoms with E-state index < -0.39 is 17.8 Å². The standard InChI is InChI=1S/C21H21ClFN5O3S/c1-3-28-20(12(2)31-17-9-8-13(23)10-15(17)22)26-27-21(28)32-11-18(29)25-16-7-5-4-6-14(16)19(24)30/h4-10,12H,3,11H2,1-2H3,(H2,24,30)(H,25,29). The number of primary amides is 1. The number of nitrogens with two attached hydrogens (primary N) is 1. The van der Waals surface area contributed by atoms with Crippen molar-refractivity contribution in [2.45, 2.75) is 31.7 Å². The minimum atomic E-state index is -0.626. The van der Waals surface area contributed by atoms with E-state index in [1.165, 1.54) is 30.0 Å². The molecule has 2 amide bonds. The maximum atomic E-state index is 13.3. The number of anilines is 1. The summed E-state index contributed by atoms with van der Waals surface area (Å²) in [5, 5.41) is 11.7. The number of nitrogens with one attached hydrogen (secondary N) is 1. The average Bonchev–Trinajstić information content (AvgIpc) is 3.17. The van der Waals surface area contributed by atoms with Gasteiger partial charge in [-0.25, -0.2) is 4.39 Å². The Balaban J connectivity index is 1.67. The van der Waals surface area contributed by atoms with Crippen LogP contribution in [0.25, 0.3) is 0 Å². The van der Waals surface area contributed by atoms with Gasteiger partial charge in [0.25, 0.3) is 5.91 Å². The van der Waals surface area contributed by atoms with Gasteiger partial charge in [-0.15, -0.1) is 10.2 Å². The molecule has 0 aliphatic heterocycles. The van der Waals surface area contributed by atoms with Gasteiger partial charge in [-0.1, -0.05) is 35.5 Å². The molecule has 0 spiro atoms. The molecule has 3 aromatic rings. The van der Waals surface area contributed by atoms with Crippen molar-refractivity contribution in [2.75, 3.05) is 11.1 Å². The Morgan fingerprint density at radius 2 is 2.03 bits per heavy atom. The summed E-state index contributed by atoms with van der Waals surface area (Å²) >= 11 is 7.23. The third-order valence-electron chi connectivity index (χ3n) is 4.42. The normalized spacial score (nSPS) is 11.8. The van der Waals surface area contributed by atoms with Crippen LogP contribution < -0.4 is 15.8 Å². The van der Waals surface area contributed by atoms with Gasteiger partial charge in [0.2, 0.25) is 5.91 Å². The van der Waals surface area contributed by atoms with Gasteiger partial charge < -0.3 is 20.4 Å². The van der Waals surface area contributed by atoms with Crippen LogP contribution in [-0.4, -0.2) is 32.3 Å². The number of rotatable bonds is 9. The number of hydrogen-bond donors (Lipinski definition) is 2. The van der Waals surface area contributed by atoms with E-state index in [0.717, 1.165) is 0 Å². The molecule has 168 valence electrons. The van der Waals surface area contributed by atoms with Crippen molar-refractivity contribution in [2.24, 2.45) is 5.73 Å². The number of halogens is 2. The zero-order valence-electron chi connectivity index (χ0n) is 17.3. The summed E-state index contributed by atoms with van der Waals surface area (Å²) in [5.41, 5.74) is 5.92. The molecular formula is C21H21ClFN5O3S. The zero-order valence-corrected chi connectivity index (χ0v) is 18.9. The van der Waals surface area contributed by atoms with Crippen molar-refractivity contribution in [1.82, 2.24) is 14.8 Å². The Hall–Kier alpha value is -3.11. The Bertz CT molecular complexity index is 1140. The first kappa shape index (κ1) is 23.6. The number of nitrogens with zero attached hydrogens (tertiary/aromatic N) is 3. The van der Waals surface area contributed by atoms with Crippen LogP contribution in [0.2, 0.25) is 5.02 Å². The Labute approximate surface area is 193 Å². The minimum absolute atomic E-state index is 0.0459. The molecule has 1 atom stereocenters. The number of ether oxygens (including phenoxy) is 1. The second-order valence-electron chi connectivity index (χ2n) is 6.67.